The number of aromatic amines is 2. The molecule has 0 unspecified atom stereocenters. The van der Waals surface area contributed by atoms with Gasteiger partial charge in [0.2, 0.25) is 0 Å². The summed E-state index contributed by atoms with van der Waals surface area (Å²) in [6.07, 6.45) is 2.93. The predicted octanol–water partition coefficient (Wildman–Crippen LogP) is 10.8. The zero-order valence-corrected chi connectivity index (χ0v) is 36.2. The number of aromatic nitrogens is 2. The van der Waals surface area contributed by atoms with Gasteiger partial charge in [0.15, 0.2) is 45.6 Å². The molecule has 0 saturated heterocycles. The Balaban J connectivity index is 0.000000147. The number of pyridine rings is 2. The van der Waals surface area contributed by atoms with Crippen LogP contribution in [0.5, 0.6) is 0 Å². The lowest BCUT2D eigenvalue weighted by Gasteiger charge is -2.01. The number of carbonyl (C=O) groups excluding carboxylic acids is 6. The highest BCUT2D eigenvalue weighted by atomic mass is 16.2. The second-order valence-electron chi connectivity index (χ2n) is 14.9. The van der Waals surface area contributed by atoms with E-state index in [1.807, 2.05) is 36.4 Å². The number of fused-ring (bicyclic) bond motifs is 3. The molecule has 67 heavy (non-hydrogen) atoms. The van der Waals surface area contributed by atoms with E-state index in [1.54, 1.807) is 170 Å². The van der Waals surface area contributed by atoms with Crippen molar-refractivity contribution >= 4 is 56.5 Å². The van der Waals surface area contributed by atoms with Gasteiger partial charge in [-0.2, -0.15) is 0 Å². The van der Waals surface area contributed by atoms with Gasteiger partial charge in [-0.1, -0.05) is 182 Å². The minimum absolute atomic E-state index is 0.0552. The van der Waals surface area contributed by atoms with Gasteiger partial charge in [-0.3, -0.25) is 38.4 Å². The van der Waals surface area contributed by atoms with Crippen molar-refractivity contribution in [3.8, 4) is 0 Å². The molecule has 0 aliphatic rings. The third kappa shape index (κ3) is 13.7. The molecule has 9 rings (SSSR count). The lowest BCUT2D eigenvalue weighted by atomic mass is 10.0. The van der Waals surface area contributed by atoms with Crippen molar-refractivity contribution in [1.29, 1.82) is 0 Å². The molecule has 0 radical (unpaired) electrons. The maximum atomic E-state index is 11.8. The number of Topliss-reactive ketones (excluding diaryl/α,β-unsaturated/α-hetero) is 6. The Bertz CT molecular complexity index is 2770. The van der Waals surface area contributed by atoms with Gasteiger partial charge in [0.25, 0.3) is 0 Å². The molecule has 9 aromatic rings. The number of hydrogen-bond donors (Lipinski definition) is 2. The maximum absolute atomic E-state index is 11.8. The molecule has 330 valence electrons. The van der Waals surface area contributed by atoms with Crippen molar-refractivity contribution in [2.45, 2.75) is 19.3 Å². The van der Waals surface area contributed by atoms with Crippen LogP contribution < -0.4 is 10.9 Å². The molecule has 0 aliphatic carbocycles. The van der Waals surface area contributed by atoms with Crippen LogP contribution in [-0.2, 0) is 0 Å². The summed E-state index contributed by atoms with van der Waals surface area (Å²) in [5, 5.41) is 1.16. The highest BCUT2D eigenvalue weighted by molar-refractivity contribution is 6.15. The molecule has 0 saturated carbocycles. The molecule has 0 amide bonds. The summed E-state index contributed by atoms with van der Waals surface area (Å²) in [7, 11) is 0. The lowest BCUT2D eigenvalue weighted by Crippen LogP contribution is -2.08. The molecule has 0 fully saturated rings. The summed E-state index contributed by atoms with van der Waals surface area (Å²) in [6, 6.07) is 59.5. The molecule has 10 heteroatoms. The van der Waals surface area contributed by atoms with Crippen molar-refractivity contribution < 1.29 is 28.8 Å². The van der Waals surface area contributed by atoms with E-state index in [0.717, 1.165) is 0 Å². The number of ketones is 6. The van der Waals surface area contributed by atoms with Gasteiger partial charge in [-0.25, -0.2) is 0 Å². The number of H-pyrrole nitrogens is 2. The summed E-state index contributed by atoms with van der Waals surface area (Å²) in [5.41, 5.74) is 4.71. The third-order valence-electron chi connectivity index (χ3n) is 10.2. The van der Waals surface area contributed by atoms with Crippen molar-refractivity contribution in [3.05, 3.63) is 272 Å². The summed E-state index contributed by atoms with van der Waals surface area (Å²) >= 11 is 0. The Morgan fingerprint density at radius 1 is 0.269 bits per heavy atom. The second-order valence-corrected chi connectivity index (χ2v) is 14.9. The van der Waals surface area contributed by atoms with E-state index in [0.29, 0.717) is 55.2 Å². The second kappa shape index (κ2) is 24.2. The number of carbonyl (C=O) groups is 6. The van der Waals surface area contributed by atoms with Crippen LogP contribution in [0.1, 0.15) is 81.4 Å². The molecule has 2 N–H and O–H groups in total. The molecule has 0 bridgehead atoms. The predicted molar refractivity (Wildman–Crippen MR) is 261 cm³/mol. The van der Waals surface area contributed by atoms with Crippen molar-refractivity contribution in [2.75, 3.05) is 0 Å². The van der Waals surface area contributed by atoms with Crippen LogP contribution >= 0.6 is 0 Å². The normalized spacial score (nSPS) is 10.1. The average molecular weight is 885 g/mol. The van der Waals surface area contributed by atoms with E-state index in [2.05, 4.69) is 9.97 Å². The van der Waals surface area contributed by atoms with Crippen LogP contribution in [0.25, 0.3) is 21.8 Å². The molecule has 0 spiro atoms. The minimum atomic E-state index is -0.139. The van der Waals surface area contributed by atoms with Crippen molar-refractivity contribution in [2.24, 2.45) is 0 Å². The van der Waals surface area contributed by atoms with Gasteiger partial charge < -0.3 is 9.97 Å². The fourth-order valence-electron chi connectivity index (χ4n) is 6.69. The van der Waals surface area contributed by atoms with Crippen LogP contribution in [0, 0.1) is 0 Å². The fraction of sp³-hybridized carbons (Fsp3) is 0.0526. The smallest absolute Gasteiger partial charge is 0.189 e. The van der Waals surface area contributed by atoms with Crippen LogP contribution in [0.4, 0.5) is 0 Å². The monoisotopic (exact) mass is 884 g/mol. The highest BCUT2D eigenvalue weighted by Crippen LogP contribution is 2.16. The molecule has 10 nitrogen and oxygen atoms in total. The number of benzene rings is 7. The molecule has 2 heterocycles. The first-order valence-electron chi connectivity index (χ1n) is 21.2. The van der Waals surface area contributed by atoms with E-state index >= 15 is 0 Å². The first-order valence-corrected chi connectivity index (χ1v) is 21.2. The molecule has 2 aromatic heterocycles. The minimum Gasteiger partial charge on any atom is -0.359 e. The summed E-state index contributed by atoms with van der Waals surface area (Å²) in [6.45, 7) is 0. The van der Waals surface area contributed by atoms with E-state index in [4.69, 9.17) is 0 Å². The highest BCUT2D eigenvalue weighted by Gasteiger charge is 2.15. The Labute approximate surface area is 385 Å². The Morgan fingerprint density at radius 2 is 0.463 bits per heavy atom. The standard InChI is InChI=1S/3C15H12O2.C12H8N2O2/c3*16-14(12-7-3-1-4-8-12)11-15(17)13-9-5-2-6-10-13;15-9-3-5-13-11-7(9)1-2-8-10(16)4-6-14-12(8)11/h3*1-10H,11H2;1-6H,(H,13,15)(H,14,16). The first-order chi connectivity index (χ1) is 32.6. The third-order valence-corrected chi connectivity index (χ3v) is 10.2. The SMILES string of the molecule is O=C(CC(=O)c1ccccc1)c1ccccc1.O=C(CC(=O)c1ccccc1)c1ccccc1.O=C(CC(=O)c1ccccc1)c1ccccc1.O=c1cc[nH]c2c1ccc1c(=O)cc[nH]c12. The lowest BCUT2D eigenvalue weighted by molar-refractivity contribution is 0.0878. The number of nitrogens with one attached hydrogen (secondary N) is 2. The first kappa shape index (κ1) is 47.5. The van der Waals surface area contributed by atoms with E-state index in [-0.39, 0.29) is 64.8 Å². The van der Waals surface area contributed by atoms with Gasteiger partial charge in [-0.05, 0) is 12.1 Å². The molecular weight excluding hydrogens is 841 g/mol. The van der Waals surface area contributed by atoms with Gasteiger partial charge in [0.1, 0.15) is 0 Å². The van der Waals surface area contributed by atoms with Gasteiger partial charge in [0.05, 0.1) is 30.3 Å². The largest absolute Gasteiger partial charge is 0.359 e. The van der Waals surface area contributed by atoms with E-state index in [9.17, 15) is 38.4 Å². The fourth-order valence-corrected chi connectivity index (χ4v) is 6.69. The van der Waals surface area contributed by atoms with Crippen molar-refractivity contribution in [3.63, 3.8) is 0 Å². The van der Waals surface area contributed by atoms with Gasteiger partial charge in [-0.15, -0.1) is 0 Å². The Morgan fingerprint density at radius 3 is 0.657 bits per heavy atom. The molecule has 0 atom stereocenters. The van der Waals surface area contributed by atoms with Crippen molar-refractivity contribution in [1.82, 2.24) is 9.97 Å². The van der Waals surface area contributed by atoms with E-state index in [1.165, 1.54) is 12.1 Å². The van der Waals surface area contributed by atoms with Crippen LogP contribution in [0.3, 0.4) is 0 Å². The molecule has 0 aliphatic heterocycles. The van der Waals surface area contributed by atoms with Crippen LogP contribution in [0.15, 0.2) is 228 Å². The number of hydrogen-bond acceptors (Lipinski definition) is 8. The zero-order valence-electron chi connectivity index (χ0n) is 36.2. The summed E-state index contributed by atoms with van der Waals surface area (Å²) < 4.78 is 0. The Kier molecular flexibility index (Phi) is 17.1. The van der Waals surface area contributed by atoms with Crippen LogP contribution in [0.2, 0.25) is 0 Å². The van der Waals surface area contributed by atoms with Crippen LogP contribution in [-0.4, -0.2) is 44.7 Å². The summed E-state index contributed by atoms with van der Waals surface area (Å²) in [5.74, 6) is -0.836. The summed E-state index contributed by atoms with van der Waals surface area (Å²) in [4.78, 5) is 100. The van der Waals surface area contributed by atoms with Gasteiger partial charge >= 0.3 is 0 Å². The zero-order chi connectivity index (χ0) is 47.4. The maximum Gasteiger partial charge on any atom is 0.189 e. The molecular formula is C57H44N2O8. The molecule has 7 aromatic carbocycles. The number of rotatable bonds is 12. The average Bonchev–Trinajstić information content (AvgIpc) is 3.38. The topological polar surface area (TPSA) is 168 Å². The van der Waals surface area contributed by atoms with Gasteiger partial charge in [0, 0.05) is 68.7 Å². The Hall–Kier alpha value is -9.02. The van der Waals surface area contributed by atoms with E-state index < -0.39 is 0 Å². The quantitative estimate of drug-likeness (QED) is 0.0694.